The molecule has 12 heavy (non-hydrogen) atoms. The molecule has 5 heteroatoms. The van der Waals surface area contributed by atoms with Crippen LogP contribution in [0.4, 0.5) is 8.78 Å². The molecule has 0 bridgehead atoms. The van der Waals surface area contributed by atoms with Crippen LogP contribution in [0.15, 0.2) is 12.3 Å². The standard InChI is InChI=1S/C7H6ClF2NO/c8-2-6-5(7(9)10)1-4(12)3-11-6/h1,3,7,12H,2H2. The number of hydrogen-bond acceptors (Lipinski definition) is 2. The fourth-order valence-corrected chi connectivity index (χ4v) is 1.02. The van der Waals surface area contributed by atoms with Gasteiger partial charge in [-0.15, -0.1) is 11.6 Å². The molecule has 0 aromatic carbocycles. The number of alkyl halides is 3. The molecule has 0 atom stereocenters. The highest BCUT2D eigenvalue weighted by Gasteiger charge is 2.13. The Bertz CT molecular complexity index is 280. The fraction of sp³-hybridized carbons (Fsp3) is 0.286. The number of nitrogens with zero attached hydrogens (tertiary/aromatic N) is 1. The Morgan fingerprint density at radius 3 is 2.75 bits per heavy atom. The monoisotopic (exact) mass is 193 g/mol. The minimum atomic E-state index is -2.65. The van der Waals surface area contributed by atoms with E-state index in [4.69, 9.17) is 16.7 Å². The van der Waals surface area contributed by atoms with Crippen LogP contribution in [-0.2, 0) is 5.88 Å². The van der Waals surface area contributed by atoms with E-state index < -0.39 is 6.43 Å². The van der Waals surface area contributed by atoms with Crippen LogP contribution in [0.2, 0.25) is 0 Å². The first-order valence-corrected chi connectivity index (χ1v) is 3.70. The Balaban J connectivity index is 3.12. The molecular weight excluding hydrogens is 188 g/mol. The summed E-state index contributed by atoms with van der Waals surface area (Å²) < 4.78 is 24.4. The lowest BCUT2D eigenvalue weighted by Crippen LogP contribution is -1.95. The van der Waals surface area contributed by atoms with Crippen LogP contribution in [0.1, 0.15) is 17.7 Å². The van der Waals surface area contributed by atoms with E-state index in [1.54, 1.807) is 0 Å². The molecule has 1 rings (SSSR count). The zero-order valence-electron chi connectivity index (χ0n) is 5.97. The van der Waals surface area contributed by atoms with Crippen LogP contribution in [-0.4, -0.2) is 10.1 Å². The maximum atomic E-state index is 12.2. The molecule has 0 fully saturated rings. The maximum absolute atomic E-state index is 12.2. The number of aromatic hydroxyl groups is 1. The molecular formula is C7H6ClF2NO. The van der Waals surface area contributed by atoms with Crippen LogP contribution < -0.4 is 0 Å². The van der Waals surface area contributed by atoms with E-state index in [1.807, 2.05) is 0 Å². The third-order valence-corrected chi connectivity index (χ3v) is 1.60. The zero-order chi connectivity index (χ0) is 9.14. The smallest absolute Gasteiger partial charge is 0.265 e. The molecule has 0 aliphatic rings. The molecule has 0 saturated heterocycles. The molecule has 1 heterocycles. The summed E-state index contributed by atoms with van der Waals surface area (Å²) in [6.45, 7) is 0. The van der Waals surface area contributed by atoms with Crippen molar-refractivity contribution in [2.75, 3.05) is 0 Å². The van der Waals surface area contributed by atoms with E-state index in [1.165, 1.54) is 0 Å². The third kappa shape index (κ3) is 1.82. The fourth-order valence-electron chi connectivity index (χ4n) is 0.799. The van der Waals surface area contributed by atoms with E-state index in [2.05, 4.69) is 4.98 Å². The summed E-state index contributed by atoms with van der Waals surface area (Å²) >= 11 is 5.35. The van der Waals surface area contributed by atoms with Gasteiger partial charge in [-0.2, -0.15) is 0 Å². The lowest BCUT2D eigenvalue weighted by atomic mass is 10.2. The van der Waals surface area contributed by atoms with Crippen molar-refractivity contribution >= 4 is 11.6 Å². The largest absolute Gasteiger partial charge is 0.506 e. The maximum Gasteiger partial charge on any atom is 0.265 e. The SMILES string of the molecule is Oc1cnc(CCl)c(C(F)F)c1. The highest BCUT2D eigenvalue weighted by Crippen LogP contribution is 2.25. The molecule has 2 nitrogen and oxygen atoms in total. The van der Waals surface area contributed by atoms with Crippen molar-refractivity contribution < 1.29 is 13.9 Å². The number of halogens is 3. The summed E-state index contributed by atoms with van der Waals surface area (Å²) in [6, 6.07) is 0.968. The van der Waals surface area contributed by atoms with Gasteiger partial charge in [0, 0.05) is 5.56 Å². The Morgan fingerprint density at radius 1 is 1.58 bits per heavy atom. The topological polar surface area (TPSA) is 33.1 Å². The molecule has 66 valence electrons. The van der Waals surface area contributed by atoms with Gasteiger partial charge in [-0.25, -0.2) is 8.78 Å². The first-order valence-electron chi connectivity index (χ1n) is 3.17. The van der Waals surface area contributed by atoms with Gasteiger partial charge in [0.15, 0.2) is 0 Å². The van der Waals surface area contributed by atoms with Gasteiger partial charge < -0.3 is 5.11 Å². The van der Waals surface area contributed by atoms with Gasteiger partial charge >= 0.3 is 0 Å². The van der Waals surface area contributed by atoms with Crippen LogP contribution in [0.25, 0.3) is 0 Å². The van der Waals surface area contributed by atoms with Gasteiger partial charge in [0.2, 0.25) is 0 Å². The second kappa shape index (κ2) is 3.67. The van der Waals surface area contributed by atoms with Gasteiger partial charge in [-0.1, -0.05) is 0 Å². The first kappa shape index (κ1) is 9.19. The van der Waals surface area contributed by atoms with Crippen molar-refractivity contribution in [2.45, 2.75) is 12.3 Å². The Morgan fingerprint density at radius 2 is 2.25 bits per heavy atom. The minimum absolute atomic E-state index is 0.0834. The van der Waals surface area contributed by atoms with Crippen molar-refractivity contribution in [1.82, 2.24) is 4.98 Å². The Labute approximate surface area is 72.8 Å². The average Bonchev–Trinajstić information content (AvgIpc) is 2.04. The van der Waals surface area contributed by atoms with Crippen LogP contribution in [0.5, 0.6) is 5.75 Å². The summed E-state index contributed by atoms with van der Waals surface area (Å²) in [7, 11) is 0. The summed E-state index contributed by atoms with van der Waals surface area (Å²) in [5.74, 6) is -0.362. The van der Waals surface area contributed by atoms with E-state index in [9.17, 15) is 8.78 Å². The number of hydrogen-bond donors (Lipinski definition) is 1. The summed E-state index contributed by atoms with van der Waals surface area (Å²) in [6.07, 6.45) is -1.57. The van der Waals surface area contributed by atoms with Gasteiger partial charge in [-0.05, 0) is 6.07 Å². The van der Waals surface area contributed by atoms with Gasteiger partial charge in [0.25, 0.3) is 6.43 Å². The normalized spacial score (nSPS) is 10.7. The molecule has 0 amide bonds. The Hall–Kier alpha value is -0.900. The predicted molar refractivity (Wildman–Crippen MR) is 40.4 cm³/mol. The molecule has 0 spiro atoms. The summed E-state index contributed by atoms with van der Waals surface area (Å²) in [5, 5.41) is 8.84. The molecule has 1 N–H and O–H groups in total. The number of aromatic nitrogens is 1. The molecule has 0 saturated carbocycles. The lowest BCUT2D eigenvalue weighted by Gasteiger charge is -2.04. The second-order valence-corrected chi connectivity index (χ2v) is 2.43. The molecule has 0 unspecified atom stereocenters. The number of rotatable bonds is 2. The van der Waals surface area contributed by atoms with Gasteiger partial charge in [0.1, 0.15) is 5.75 Å². The molecule has 1 aromatic heterocycles. The molecule has 0 aliphatic heterocycles. The van der Waals surface area contributed by atoms with Crippen molar-refractivity contribution in [3.05, 3.63) is 23.5 Å². The molecule has 1 aromatic rings. The van der Waals surface area contributed by atoms with Crippen molar-refractivity contribution in [1.29, 1.82) is 0 Å². The third-order valence-electron chi connectivity index (χ3n) is 1.35. The Kier molecular flexibility index (Phi) is 2.81. The van der Waals surface area contributed by atoms with Crippen LogP contribution in [0, 0.1) is 0 Å². The van der Waals surface area contributed by atoms with Gasteiger partial charge in [-0.3, -0.25) is 4.98 Å². The first-order chi connectivity index (χ1) is 5.65. The second-order valence-electron chi connectivity index (χ2n) is 2.16. The van der Waals surface area contributed by atoms with E-state index in [0.717, 1.165) is 12.3 Å². The summed E-state index contributed by atoms with van der Waals surface area (Å²) in [4.78, 5) is 3.56. The highest BCUT2D eigenvalue weighted by atomic mass is 35.5. The zero-order valence-corrected chi connectivity index (χ0v) is 6.72. The number of pyridine rings is 1. The van der Waals surface area contributed by atoms with Crippen LogP contribution in [0.3, 0.4) is 0 Å². The van der Waals surface area contributed by atoms with Gasteiger partial charge in [0.05, 0.1) is 17.8 Å². The van der Waals surface area contributed by atoms with Crippen molar-refractivity contribution in [3.63, 3.8) is 0 Å². The van der Waals surface area contributed by atoms with Crippen molar-refractivity contribution in [3.8, 4) is 5.75 Å². The molecule has 0 radical (unpaired) electrons. The van der Waals surface area contributed by atoms with Crippen molar-refractivity contribution in [2.24, 2.45) is 0 Å². The lowest BCUT2D eigenvalue weighted by molar-refractivity contribution is 0.149. The average molecular weight is 194 g/mol. The quantitative estimate of drug-likeness (QED) is 0.732. The summed E-state index contributed by atoms with van der Waals surface area (Å²) in [5.41, 5.74) is -0.213. The van der Waals surface area contributed by atoms with E-state index in [-0.39, 0.29) is 22.9 Å². The minimum Gasteiger partial charge on any atom is -0.506 e. The van der Waals surface area contributed by atoms with E-state index in [0.29, 0.717) is 0 Å². The highest BCUT2D eigenvalue weighted by molar-refractivity contribution is 6.17. The predicted octanol–water partition coefficient (Wildman–Crippen LogP) is 2.46. The molecule has 0 aliphatic carbocycles. The van der Waals surface area contributed by atoms with E-state index >= 15 is 0 Å². The van der Waals surface area contributed by atoms with Crippen LogP contribution >= 0.6 is 11.6 Å².